The van der Waals surface area contributed by atoms with Crippen LogP contribution in [0, 0.1) is 5.41 Å². The van der Waals surface area contributed by atoms with Crippen molar-refractivity contribution in [2.24, 2.45) is 14.9 Å². The Balaban J connectivity index is 1.67. The molecular formula is C20H27N5O3S2. The minimum Gasteiger partial charge on any atom is -0.383 e. The highest BCUT2D eigenvalue weighted by molar-refractivity contribution is 7.93. The summed E-state index contributed by atoms with van der Waals surface area (Å²) in [4.78, 5) is 21.7. The summed E-state index contributed by atoms with van der Waals surface area (Å²) in [6, 6.07) is -0.743. The summed E-state index contributed by atoms with van der Waals surface area (Å²) in [6.45, 7) is 7.52. The summed E-state index contributed by atoms with van der Waals surface area (Å²) >= 11 is 0.990. The largest absolute Gasteiger partial charge is 0.383 e. The van der Waals surface area contributed by atoms with Crippen molar-refractivity contribution in [2.75, 3.05) is 5.32 Å². The zero-order valence-electron chi connectivity index (χ0n) is 17.6. The highest BCUT2D eigenvalue weighted by Gasteiger charge is 2.35. The number of rotatable bonds is 3. The van der Waals surface area contributed by atoms with Crippen LogP contribution in [-0.2, 0) is 41.2 Å². The second-order valence-corrected chi connectivity index (χ2v) is 12.4. The average molecular weight is 450 g/mol. The summed E-state index contributed by atoms with van der Waals surface area (Å²) in [5.74, 6) is 0. The number of thiazole rings is 1. The van der Waals surface area contributed by atoms with Gasteiger partial charge < -0.3 is 10.4 Å². The van der Waals surface area contributed by atoms with E-state index in [9.17, 15) is 14.1 Å². The maximum atomic E-state index is 12.9. The molecule has 0 bridgehead atoms. The lowest BCUT2D eigenvalue weighted by Crippen LogP contribution is -2.18. The second kappa shape index (κ2) is 7.08. The monoisotopic (exact) mass is 449 g/mol. The van der Waals surface area contributed by atoms with E-state index in [2.05, 4.69) is 28.5 Å². The van der Waals surface area contributed by atoms with Gasteiger partial charge in [0.05, 0.1) is 11.9 Å². The Bertz CT molecular complexity index is 1150. The molecule has 8 nitrogen and oxygen atoms in total. The van der Waals surface area contributed by atoms with Crippen molar-refractivity contribution < 1.29 is 14.1 Å². The van der Waals surface area contributed by atoms with E-state index in [1.807, 2.05) is 0 Å². The lowest BCUT2D eigenvalue weighted by molar-refractivity contribution is 0.0783. The number of nitrogens with one attached hydrogen (secondary N) is 1. The molecule has 0 saturated heterocycles. The van der Waals surface area contributed by atoms with Crippen molar-refractivity contribution in [3.05, 3.63) is 33.7 Å². The SMILES string of the molecule is CC1(C)Cc2nc3c(c(NC(=O)N=[S@@](N)(=O)c4cnc(C(C)(C)O)s4)c2C1)CCC3. The molecule has 2 amide bonds. The molecule has 2 heterocycles. The van der Waals surface area contributed by atoms with Gasteiger partial charge in [0.2, 0.25) is 0 Å². The number of anilines is 1. The van der Waals surface area contributed by atoms with Gasteiger partial charge in [-0.2, -0.15) is 0 Å². The molecule has 2 aromatic rings. The standard InChI is InChI=1S/C20H27N5O3S2/c1-19(2)8-12-14(9-19)23-13-7-5-6-11(13)16(12)24-18(26)25-30(21,28)15-10-22-17(29-15)20(3,4)27/h10,27H,5-9H2,1-4H3,(H3,21,23,24,25,26,28)/t30-/m1/s1. The normalized spacial score (nSPS) is 19.1. The molecule has 0 fully saturated rings. The van der Waals surface area contributed by atoms with E-state index in [-0.39, 0.29) is 9.62 Å². The minimum absolute atomic E-state index is 0.0819. The number of nitrogens with two attached hydrogens (primary N) is 1. The van der Waals surface area contributed by atoms with Crippen LogP contribution in [0.25, 0.3) is 0 Å². The van der Waals surface area contributed by atoms with Crippen molar-refractivity contribution in [3.8, 4) is 0 Å². The fourth-order valence-corrected chi connectivity index (χ4v) is 6.20. The van der Waals surface area contributed by atoms with Crippen molar-refractivity contribution in [3.63, 3.8) is 0 Å². The Kier molecular flexibility index (Phi) is 5.04. The summed E-state index contributed by atoms with van der Waals surface area (Å²) in [6.07, 6.45) is 5.75. The topological polar surface area (TPSA) is 131 Å². The van der Waals surface area contributed by atoms with E-state index >= 15 is 0 Å². The highest BCUT2D eigenvalue weighted by atomic mass is 32.2. The van der Waals surface area contributed by atoms with Crippen molar-refractivity contribution >= 4 is 33.0 Å². The summed E-state index contributed by atoms with van der Waals surface area (Å²) in [7, 11) is -3.48. The number of aryl methyl sites for hydroxylation is 1. The number of aliphatic hydroxyl groups is 1. The molecule has 2 aromatic heterocycles. The van der Waals surface area contributed by atoms with Crippen molar-refractivity contribution in [2.45, 2.75) is 69.6 Å². The van der Waals surface area contributed by atoms with Crippen molar-refractivity contribution in [1.82, 2.24) is 9.97 Å². The predicted octanol–water partition coefficient (Wildman–Crippen LogP) is 3.31. The van der Waals surface area contributed by atoms with Gasteiger partial charge in [-0.15, -0.1) is 15.7 Å². The van der Waals surface area contributed by atoms with E-state index in [4.69, 9.17) is 10.1 Å². The number of urea groups is 1. The molecule has 0 radical (unpaired) electrons. The van der Waals surface area contributed by atoms with Crippen LogP contribution in [-0.4, -0.2) is 25.3 Å². The lowest BCUT2D eigenvalue weighted by Gasteiger charge is -2.16. The number of amides is 2. The third kappa shape index (κ3) is 4.01. The number of carbonyl (C=O) groups is 1. The Hall–Kier alpha value is -1.88. The molecule has 0 aliphatic heterocycles. The molecule has 4 N–H and O–H groups in total. The molecule has 1 atom stereocenters. The average Bonchev–Trinajstić information content (AvgIpc) is 3.30. The zero-order valence-corrected chi connectivity index (χ0v) is 19.2. The molecular weight excluding hydrogens is 422 g/mol. The molecule has 4 rings (SSSR count). The molecule has 2 aliphatic carbocycles. The van der Waals surface area contributed by atoms with Crippen molar-refractivity contribution in [1.29, 1.82) is 0 Å². The Labute approximate surface area is 180 Å². The molecule has 30 heavy (non-hydrogen) atoms. The van der Waals surface area contributed by atoms with Gasteiger partial charge in [0, 0.05) is 11.4 Å². The number of fused-ring (bicyclic) bond motifs is 2. The summed E-state index contributed by atoms with van der Waals surface area (Å²) in [5.41, 5.74) is 3.83. The third-order valence-electron chi connectivity index (χ3n) is 5.46. The first-order valence-corrected chi connectivity index (χ1v) is 12.3. The lowest BCUT2D eigenvalue weighted by atomic mass is 9.90. The zero-order chi connectivity index (χ0) is 21.9. The molecule has 0 spiro atoms. The molecule has 0 unspecified atom stereocenters. The van der Waals surface area contributed by atoms with Crippen LogP contribution in [0.1, 0.15) is 61.6 Å². The fourth-order valence-electron chi connectivity index (χ4n) is 4.13. The molecule has 10 heteroatoms. The van der Waals surface area contributed by atoms with Crippen LogP contribution >= 0.6 is 11.3 Å². The Morgan fingerprint density at radius 3 is 2.70 bits per heavy atom. The first-order valence-electron chi connectivity index (χ1n) is 9.94. The van der Waals surface area contributed by atoms with Crippen LogP contribution < -0.4 is 10.5 Å². The second-order valence-electron chi connectivity index (χ2n) is 9.34. The number of hydrogen-bond acceptors (Lipinski definition) is 6. The minimum atomic E-state index is -3.48. The number of pyridine rings is 1. The van der Waals surface area contributed by atoms with Gasteiger partial charge in [0.15, 0.2) is 9.92 Å². The highest BCUT2D eigenvalue weighted by Crippen LogP contribution is 2.43. The van der Waals surface area contributed by atoms with E-state index in [1.165, 1.54) is 6.20 Å². The van der Waals surface area contributed by atoms with Crippen LogP contribution in [0.5, 0.6) is 0 Å². The van der Waals surface area contributed by atoms with Gasteiger partial charge in [-0.3, -0.25) is 4.98 Å². The molecule has 162 valence electrons. The van der Waals surface area contributed by atoms with Gasteiger partial charge in [0.25, 0.3) is 0 Å². The Morgan fingerprint density at radius 2 is 2.03 bits per heavy atom. The quantitative estimate of drug-likeness (QED) is 0.662. The maximum Gasteiger partial charge on any atom is 0.354 e. The van der Waals surface area contributed by atoms with Gasteiger partial charge in [-0.25, -0.2) is 19.1 Å². The first-order chi connectivity index (χ1) is 13.9. The smallest absolute Gasteiger partial charge is 0.354 e. The van der Waals surface area contributed by atoms with Gasteiger partial charge >= 0.3 is 6.03 Å². The van der Waals surface area contributed by atoms with Crippen LogP contribution in [0.4, 0.5) is 10.5 Å². The maximum absolute atomic E-state index is 12.9. The molecule has 0 saturated carbocycles. The number of carbonyl (C=O) groups excluding carboxylic acids is 1. The number of aromatic nitrogens is 2. The van der Waals surface area contributed by atoms with E-state index in [0.717, 1.165) is 71.6 Å². The van der Waals surface area contributed by atoms with E-state index in [0.29, 0.717) is 5.01 Å². The number of hydrogen-bond donors (Lipinski definition) is 3. The van der Waals surface area contributed by atoms with Gasteiger partial charge in [-0.05, 0) is 62.5 Å². The molecule has 2 aliphatic rings. The van der Waals surface area contributed by atoms with E-state index < -0.39 is 21.5 Å². The Morgan fingerprint density at radius 1 is 1.30 bits per heavy atom. The first kappa shape index (κ1) is 21.4. The molecule has 0 aromatic carbocycles. The van der Waals surface area contributed by atoms with Crippen LogP contribution in [0.15, 0.2) is 14.8 Å². The van der Waals surface area contributed by atoms with Gasteiger partial charge in [0.1, 0.15) is 14.8 Å². The summed E-state index contributed by atoms with van der Waals surface area (Å²) in [5, 5.41) is 19.2. The van der Waals surface area contributed by atoms with Gasteiger partial charge in [-0.1, -0.05) is 13.8 Å². The van der Waals surface area contributed by atoms with E-state index in [1.54, 1.807) is 13.8 Å². The summed E-state index contributed by atoms with van der Waals surface area (Å²) < 4.78 is 16.9. The third-order valence-corrected chi connectivity index (χ3v) is 8.65. The van der Waals surface area contributed by atoms with Crippen LogP contribution in [0.2, 0.25) is 0 Å². The van der Waals surface area contributed by atoms with Crippen LogP contribution in [0.3, 0.4) is 0 Å². The predicted molar refractivity (Wildman–Crippen MR) is 117 cm³/mol. The number of nitrogens with zero attached hydrogens (tertiary/aromatic N) is 3. The fraction of sp³-hybridized carbons (Fsp3) is 0.550.